The number of aromatic nitrogens is 1. The van der Waals surface area contributed by atoms with E-state index in [-0.39, 0.29) is 11.8 Å². The van der Waals surface area contributed by atoms with Crippen molar-refractivity contribution in [3.63, 3.8) is 0 Å². The van der Waals surface area contributed by atoms with Crippen molar-refractivity contribution in [3.05, 3.63) is 5.76 Å². The zero-order valence-corrected chi connectivity index (χ0v) is 11.6. The normalized spacial score (nSPS) is 39.4. The van der Waals surface area contributed by atoms with Gasteiger partial charge in [-0.2, -0.15) is 4.98 Å². The summed E-state index contributed by atoms with van der Waals surface area (Å²) in [7, 11) is 0. The van der Waals surface area contributed by atoms with Crippen molar-refractivity contribution in [2.75, 3.05) is 5.32 Å². The van der Waals surface area contributed by atoms with E-state index in [2.05, 4.69) is 10.3 Å². The average molecular weight is 262 g/mol. The Morgan fingerprint density at radius 3 is 2.68 bits per heavy atom. The summed E-state index contributed by atoms with van der Waals surface area (Å²) in [6.45, 7) is 4.01. The van der Waals surface area contributed by atoms with Crippen LogP contribution in [0.25, 0.3) is 0 Å². The Kier molecular flexibility index (Phi) is 2.39. The third-order valence-corrected chi connectivity index (χ3v) is 5.51. The summed E-state index contributed by atoms with van der Waals surface area (Å²) < 4.78 is 5.68. The minimum atomic E-state index is 0.0463. The first-order chi connectivity index (χ1) is 9.11. The van der Waals surface area contributed by atoms with Gasteiger partial charge in [0.05, 0.1) is 0 Å². The molecule has 1 aromatic heterocycles. The fourth-order valence-electron chi connectivity index (χ4n) is 4.87. The second-order valence-electron chi connectivity index (χ2n) is 7.02. The first-order valence-electron chi connectivity index (χ1n) is 7.58. The van der Waals surface area contributed by atoms with Crippen LogP contribution in [0.1, 0.15) is 51.2 Å². The second-order valence-corrected chi connectivity index (χ2v) is 7.02. The lowest BCUT2D eigenvalue weighted by Gasteiger charge is -2.32. The molecule has 5 rings (SSSR count). The Bertz CT molecular complexity index is 492. The minimum Gasteiger partial charge on any atom is -0.491 e. The predicted octanol–water partition coefficient (Wildman–Crippen LogP) is 3.35. The van der Waals surface area contributed by atoms with Gasteiger partial charge in [-0.3, -0.25) is 0 Å². The van der Waals surface area contributed by atoms with Gasteiger partial charge >= 0.3 is 0 Å². The lowest BCUT2D eigenvalue weighted by atomic mass is 9.79. The lowest BCUT2D eigenvalue weighted by Crippen LogP contribution is -2.34. The van der Waals surface area contributed by atoms with Gasteiger partial charge in [0.2, 0.25) is 0 Å². The molecule has 0 spiro atoms. The molecule has 104 valence electrons. The van der Waals surface area contributed by atoms with E-state index in [1.165, 1.54) is 25.7 Å². The summed E-state index contributed by atoms with van der Waals surface area (Å²) in [5.41, 5.74) is 0. The van der Waals surface area contributed by atoms with E-state index in [1.54, 1.807) is 0 Å². The number of rotatable bonds is 3. The van der Waals surface area contributed by atoms with Crippen LogP contribution in [0.4, 0.5) is 6.01 Å². The Morgan fingerprint density at radius 1 is 1.21 bits per heavy atom. The lowest BCUT2D eigenvalue weighted by molar-refractivity contribution is 0.258. The van der Waals surface area contributed by atoms with Gasteiger partial charge in [0.15, 0.2) is 5.76 Å². The maximum atomic E-state index is 9.79. The van der Waals surface area contributed by atoms with Crippen molar-refractivity contribution in [3.8, 4) is 5.88 Å². The molecule has 0 amide bonds. The Labute approximate surface area is 113 Å². The molecule has 4 bridgehead atoms. The number of aromatic hydroxyl groups is 1. The summed E-state index contributed by atoms with van der Waals surface area (Å²) in [5.74, 6) is 4.31. The second kappa shape index (κ2) is 3.90. The molecule has 5 unspecified atom stereocenters. The van der Waals surface area contributed by atoms with E-state index in [9.17, 15) is 5.11 Å². The quantitative estimate of drug-likeness (QED) is 0.877. The zero-order valence-electron chi connectivity index (χ0n) is 11.6. The fraction of sp³-hybridized carbons (Fsp3) is 0.800. The van der Waals surface area contributed by atoms with Crippen molar-refractivity contribution in [1.82, 2.24) is 4.98 Å². The van der Waals surface area contributed by atoms with Crippen LogP contribution >= 0.6 is 0 Å². The standard InChI is InChI=1S/C15H22N2O2/c1-7(2)13-14(18)17-15(19-13)16-12-10-4-8-3-9(6-10)11(12)5-8/h7-12,18H,3-6H2,1-2H3,(H,16,17). The van der Waals surface area contributed by atoms with Crippen LogP contribution in [0.5, 0.6) is 5.88 Å². The van der Waals surface area contributed by atoms with Crippen LogP contribution in [0, 0.1) is 23.7 Å². The van der Waals surface area contributed by atoms with Crippen molar-refractivity contribution in [2.45, 2.75) is 51.5 Å². The smallest absolute Gasteiger partial charge is 0.298 e. The topological polar surface area (TPSA) is 58.3 Å². The monoisotopic (exact) mass is 262 g/mol. The molecule has 4 aliphatic rings. The van der Waals surface area contributed by atoms with Crippen molar-refractivity contribution >= 4 is 6.01 Å². The molecule has 0 aliphatic heterocycles. The molecular weight excluding hydrogens is 240 g/mol. The predicted molar refractivity (Wildman–Crippen MR) is 72.1 cm³/mol. The molecule has 0 aromatic carbocycles. The van der Waals surface area contributed by atoms with Crippen LogP contribution in [0.15, 0.2) is 4.42 Å². The maximum absolute atomic E-state index is 9.79. The van der Waals surface area contributed by atoms with Gasteiger partial charge in [0, 0.05) is 12.0 Å². The van der Waals surface area contributed by atoms with Crippen LogP contribution in [-0.2, 0) is 0 Å². The number of nitrogens with one attached hydrogen (secondary N) is 1. The van der Waals surface area contributed by atoms with Gasteiger partial charge in [0.25, 0.3) is 11.9 Å². The fourth-order valence-corrected chi connectivity index (χ4v) is 4.87. The third kappa shape index (κ3) is 1.68. The molecule has 2 N–H and O–H groups in total. The molecule has 19 heavy (non-hydrogen) atoms. The van der Waals surface area contributed by atoms with Gasteiger partial charge in [-0.15, -0.1) is 0 Å². The molecule has 4 nitrogen and oxygen atoms in total. The summed E-state index contributed by atoms with van der Waals surface area (Å²) in [6, 6.07) is 1.03. The number of hydrogen-bond acceptors (Lipinski definition) is 4. The Balaban J connectivity index is 1.54. The van der Waals surface area contributed by atoms with Crippen LogP contribution in [-0.4, -0.2) is 16.1 Å². The van der Waals surface area contributed by atoms with Gasteiger partial charge in [-0.1, -0.05) is 13.8 Å². The van der Waals surface area contributed by atoms with Crippen molar-refractivity contribution in [2.24, 2.45) is 23.7 Å². The number of hydrogen-bond donors (Lipinski definition) is 2. The van der Waals surface area contributed by atoms with E-state index in [0.29, 0.717) is 17.8 Å². The largest absolute Gasteiger partial charge is 0.491 e. The molecule has 5 atom stereocenters. The van der Waals surface area contributed by atoms with E-state index in [4.69, 9.17) is 4.42 Å². The summed E-state index contributed by atoms with van der Waals surface area (Å²) in [4.78, 5) is 4.14. The van der Waals surface area contributed by atoms with E-state index in [1.807, 2.05) is 13.8 Å². The third-order valence-electron chi connectivity index (χ3n) is 5.51. The summed E-state index contributed by atoms with van der Waals surface area (Å²) in [5, 5.41) is 13.3. The molecule has 0 radical (unpaired) electrons. The molecule has 4 heteroatoms. The Morgan fingerprint density at radius 2 is 2.00 bits per heavy atom. The van der Waals surface area contributed by atoms with E-state index in [0.717, 1.165) is 23.7 Å². The van der Waals surface area contributed by atoms with Crippen molar-refractivity contribution in [1.29, 1.82) is 0 Å². The highest BCUT2D eigenvalue weighted by molar-refractivity contribution is 5.33. The molecule has 1 aromatic rings. The number of oxazole rings is 1. The van der Waals surface area contributed by atoms with Crippen LogP contribution in [0.2, 0.25) is 0 Å². The first-order valence-corrected chi connectivity index (χ1v) is 7.58. The molecule has 4 fully saturated rings. The summed E-state index contributed by atoms with van der Waals surface area (Å²) in [6.07, 6.45) is 5.56. The van der Waals surface area contributed by atoms with Gasteiger partial charge in [-0.25, -0.2) is 0 Å². The van der Waals surface area contributed by atoms with E-state index >= 15 is 0 Å². The number of nitrogens with zero attached hydrogens (tertiary/aromatic N) is 1. The van der Waals surface area contributed by atoms with Gasteiger partial charge in [-0.05, 0) is 49.4 Å². The highest BCUT2D eigenvalue weighted by Gasteiger charge is 2.54. The molecule has 4 saturated carbocycles. The van der Waals surface area contributed by atoms with Gasteiger partial charge < -0.3 is 14.8 Å². The summed E-state index contributed by atoms with van der Waals surface area (Å²) >= 11 is 0. The minimum absolute atomic E-state index is 0.0463. The molecular formula is C15H22N2O2. The Hall–Kier alpha value is -1.19. The van der Waals surface area contributed by atoms with Gasteiger partial charge in [0.1, 0.15) is 0 Å². The van der Waals surface area contributed by atoms with Crippen molar-refractivity contribution < 1.29 is 9.52 Å². The van der Waals surface area contributed by atoms with Crippen LogP contribution in [0.3, 0.4) is 0 Å². The van der Waals surface area contributed by atoms with E-state index < -0.39 is 0 Å². The highest BCUT2D eigenvalue weighted by Crippen LogP contribution is 2.58. The number of anilines is 1. The molecule has 1 heterocycles. The first kappa shape index (κ1) is 11.6. The highest BCUT2D eigenvalue weighted by atomic mass is 16.4. The zero-order chi connectivity index (χ0) is 13.1. The average Bonchev–Trinajstić information content (AvgIpc) is 2.92. The molecule has 0 saturated heterocycles. The SMILES string of the molecule is CC(C)c1oc(NC2C3CC4CC(C3)C2C4)nc1O. The van der Waals surface area contributed by atoms with Crippen LogP contribution < -0.4 is 5.32 Å². The molecule has 4 aliphatic carbocycles. The maximum Gasteiger partial charge on any atom is 0.298 e.